The number of rotatable bonds is 15. The first kappa shape index (κ1) is 34.4. The first-order valence-corrected chi connectivity index (χ1v) is 15.7. The molecule has 0 saturated heterocycles. The predicted octanol–water partition coefficient (Wildman–Crippen LogP) is 2.54. The Balaban J connectivity index is 1.74. The monoisotopic (exact) mass is 621 g/mol. The third kappa shape index (κ3) is 7.72. The summed E-state index contributed by atoms with van der Waals surface area (Å²) in [5.41, 5.74) is -0.682. The third-order valence-electron chi connectivity index (χ3n) is 8.69. The van der Waals surface area contributed by atoms with Crippen LogP contribution in [-0.4, -0.2) is 96.9 Å². The minimum atomic E-state index is -0.783. The zero-order valence-electron chi connectivity index (χ0n) is 26.8. The molecule has 240 valence electrons. The number of thiazole rings is 1. The van der Waals surface area contributed by atoms with Crippen molar-refractivity contribution in [2.24, 2.45) is 17.3 Å². The molecule has 43 heavy (non-hydrogen) atoms. The highest BCUT2D eigenvalue weighted by atomic mass is 32.1. The molecule has 0 radical (unpaired) electrons. The number of ether oxygens (including phenoxy) is 2. The molecule has 3 saturated carbocycles. The number of hydrogen-bond acceptors (Lipinski definition) is 10. The summed E-state index contributed by atoms with van der Waals surface area (Å²) in [6, 6.07) is -1.06. The summed E-state index contributed by atoms with van der Waals surface area (Å²) in [6.45, 7) is 9.34. The Labute approximate surface area is 258 Å². The van der Waals surface area contributed by atoms with Gasteiger partial charge in [0.15, 0.2) is 6.10 Å². The lowest BCUT2D eigenvalue weighted by Crippen LogP contribution is -2.77. The number of nitrogens with zero attached hydrogens (tertiary/aromatic N) is 3. The molecule has 3 aliphatic rings. The van der Waals surface area contributed by atoms with E-state index in [1.807, 2.05) is 27.7 Å². The van der Waals surface area contributed by atoms with Crippen molar-refractivity contribution in [3.05, 3.63) is 16.1 Å². The fraction of sp³-hybridized carbons (Fsp3) is 0.733. The highest BCUT2D eigenvalue weighted by molar-refractivity contribution is 7.09. The number of carbonyl (C=O) groups is 5. The van der Waals surface area contributed by atoms with Crippen LogP contribution in [0.15, 0.2) is 5.38 Å². The minimum Gasteiger partial charge on any atom is -0.469 e. The second-order valence-electron chi connectivity index (χ2n) is 12.9. The minimum absolute atomic E-state index is 0.0174. The Hall–Kier alpha value is -3.06. The van der Waals surface area contributed by atoms with Gasteiger partial charge < -0.3 is 29.9 Å². The van der Waals surface area contributed by atoms with E-state index in [4.69, 9.17) is 9.47 Å². The van der Waals surface area contributed by atoms with Crippen LogP contribution >= 0.6 is 11.3 Å². The van der Waals surface area contributed by atoms with Gasteiger partial charge in [0.05, 0.1) is 19.1 Å². The van der Waals surface area contributed by atoms with Gasteiger partial charge >= 0.3 is 11.9 Å². The molecular weight excluding hydrogens is 574 g/mol. The number of methoxy groups -OCH3 is 1. The Bertz CT molecular complexity index is 1200. The lowest BCUT2D eigenvalue weighted by atomic mass is 9.39. The van der Waals surface area contributed by atoms with Gasteiger partial charge in [-0.25, -0.2) is 4.98 Å². The van der Waals surface area contributed by atoms with Gasteiger partial charge in [-0.3, -0.25) is 24.0 Å². The molecule has 1 aromatic rings. The third-order valence-corrected chi connectivity index (χ3v) is 9.63. The quantitative estimate of drug-likeness (QED) is 0.282. The Morgan fingerprint density at radius 3 is 2.23 bits per heavy atom. The van der Waals surface area contributed by atoms with E-state index in [0.717, 1.165) is 0 Å². The molecule has 1 heterocycles. The SMILES string of the molecule is CCC(C)C(NC(=O)CN(C)C)C(=O)N(C)C(CC(OC(C)=O)c1nc(C(=O)NC23CC(C(=O)OC)(C2)C3)cs1)C(C)C. The van der Waals surface area contributed by atoms with E-state index in [-0.39, 0.29) is 60.2 Å². The van der Waals surface area contributed by atoms with Crippen LogP contribution in [0.5, 0.6) is 0 Å². The van der Waals surface area contributed by atoms with Crippen molar-refractivity contribution in [1.82, 2.24) is 25.4 Å². The predicted molar refractivity (Wildman–Crippen MR) is 161 cm³/mol. The molecule has 3 amide bonds. The van der Waals surface area contributed by atoms with Crippen LogP contribution in [0, 0.1) is 17.3 Å². The fourth-order valence-corrected chi connectivity index (χ4v) is 7.11. The summed E-state index contributed by atoms with van der Waals surface area (Å²) < 4.78 is 10.6. The molecule has 1 aromatic heterocycles. The summed E-state index contributed by atoms with van der Waals surface area (Å²) in [5, 5.41) is 8.01. The van der Waals surface area contributed by atoms with Gasteiger partial charge in [0.1, 0.15) is 16.7 Å². The Morgan fingerprint density at radius 1 is 1.09 bits per heavy atom. The lowest BCUT2D eigenvalue weighted by Gasteiger charge is -2.68. The van der Waals surface area contributed by atoms with Crippen molar-refractivity contribution in [2.75, 3.05) is 34.8 Å². The van der Waals surface area contributed by atoms with Crippen LogP contribution in [-0.2, 0) is 28.7 Å². The van der Waals surface area contributed by atoms with Gasteiger partial charge in [-0.05, 0) is 45.2 Å². The zero-order chi connectivity index (χ0) is 32.3. The van der Waals surface area contributed by atoms with E-state index < -0.39 is 29.1 Å². The largest absolute Gasteiger partial charge is 0.469 e. The molecule has 0 aromatic carbocycles. The van der Waals surface area contributed by atoms with Gasteiger partial charge in [-0.1, -0.05) is 34.1 Å². The van der Waals surface area contributed by atoms with Crippen LogP contribution in [0.3, 0.4) is 0 Å². The summed E-state index contributed by atoms with van der Waals surface area (Å²) in [7, 11) is 6.66. The van der Waals surface area contributed by atoms with Crippen LogP contribution < -0.4 is 10.6 Å². The molecule has 2 bridgehead atoms. The van der Waals surface area contributed by atoms with E-state index in [1.54, 1.807) is 36.3 Å². The molecule has 2 N–H and O–H groups in total. The molecule has 3 aliphatic carbocycles. The van der Waals surface area contributed by atoms with E-state index in [0.29, 0.717) is 30.7 Å². The van der Waals surface area contributed by atoms with Crippen LogP contribution in [0.2, 0.25) is 0 Å². The van der Waals surface area contributed by atoms with E-state index in [1.165, 1.54) is 25.4 Å². The number of esters is 2. The average Bonchev–Trinajstić information content (AvgIpc) is 3.38. The second-order valence-corrected chi connectivity index (χ2v) is 13.8. The molecule has 4 unspecified atom stereocenters. The Kier molecular flexibility index (Phi) is 11.0. The van der Waals surface area contributed by atoms with E-state index >= 15 is 0 Å². The van der Waals surface area contributed by atoms with Gasteiger partial charge in [-0.15, -0.1) is 11.3 Å². The van der Waals surface area contributed by atoms with Crippen molar-refractivity contribution < 1.29 is 33.4 Å². The maximum Gasteiger partial charge on any atom is 0.312 e. The molecule has 12 nitrogen and oxygen atoms in total. The van der Waals surface area contributed by atoms with Crippen molar-refractivity contribution in [1.29, 1.82) is 0 Å². The van der Waals surface area contributed by atoms with Crippen molar-refractivity contribution in [3.8, 4) is 0 Å². The molecule has 4 atom stereocenters. The van der Waals surface area contributed by atoms with Crippen LogP contribution in [0.1, 0.15) is 88.3 Å². The van der Waals surface area contributed by atoms with Crippen LogP contribution in [0.4, 0.5) is 0 Å². The highest BCUT2D eigenvalue weighted by Crippen LogP contribution is 2.67. The van der Waals surface area contributed by atoms with Crippen molar-refractivity contribution in [2.45, 2.75) is 90.4 Å². The zero-order valence-corrected chi connectivity index (χ0v) is 27.6. The Morgan fingerprint density at radius 2 is 1.72 bits per heavy atom. The summed E-state index contributed by atoms with van der Waals surface area (Å²) in [6.07, 6.45) is 1.83. The number of carbonyl (C=O) groups excluding carboxylic acids is 5. The van der Waals surface area contributed by atoms with Gasteiger partial charge in [0.25, 0.3) is 5.91 Å². The molecule has 13 heteroatoms. The lowest BCUT2D eigenvalue weighted by molar-refractivity contribution is -0.199. The normalized spacial score (nSPS) is 23.2. The van der Waals surface area contributed by atoms with Gasteiger partial charge in [0.2, 0.25) is 11.8 Å². The summed E-state index contributed by atoms with van der Waals surface area (Å²) in [4.78, 5) is 71.4. The number of likely N-dealkylation sites (N-methyl/N-ethyl adjacent to an activating group) is 2. The smallest absolute Gasteiger partial charge is 0.312 e. The second kappa shape index (κ2) is 13.7. The summed E-state index contributed by atoms with van der Waals surface area (Å²) in [5.74, 6) is -1.65. The average molecular weight is 622 g/mol. The standard InChI is InChI=1S/C30H47N5O7S/c1-10-18(4)24(32-23(37)12-34(6)7)27(39)35(8)21(17(2)3)11-22(42-19(5)36)26-31-20(13-43-26)25(38)33-30-14-29(15-30,16-30)28(40)41-9/h13,17-18,21-22,24H,10-12,14-16H2,1-9H3,(H,32,37)(H,33,38). The fourth-order valence-electron chi connectivity index (χ4n) is 6.27. The molecule has 0 aliphatic heterocycles. The van der Waals surface area contributed by atoms with Crippen LogP contribution in [0.25, 0.3) is 0 Å². The highest BCUT2D eigenvalue weighted by Gasteiger charge is 2.73. The van der Waals surface area contributed by atoms with Crippen molar-refractivity contribution in [3.63, 3.8) is 0 Å². The molecule has 4 rings (SSSR count). The van der Waals surface area contributed by atoms with Gasteiger partial charge in [-0.2, -0.15) is 0 Å². The number of nitrogens with one attached hydrogen (secondary N) is 2. The first-order chi connectivity index (χ1) is 20.1. The number of hydrogen-bond donors (Lipinski definition) is 2. The maximum absolute atomic E-state index is 13.8. The molecule has 0 spiro atoms. The molecular formula is C30H47N5O7S. The van der Waals surface area contributed by atoms with E-state index in [9.17, 15) is 24.0 Å². The summed E-state index contributed by atoms with van der Waals surface area (Å²) >= 11 is 1.21. The number of amides is 3. The molecule has 3 fully saturated rings. The van der Waals surface area contributed by atoms with E-state index in [2.05, 4.69) is 15.6 Å². The maximum atomic E-state index is 13.8. The first-order valence-electron chi connectivity index (χ1n) is 14.8. The topological polar surface area (TPSA) is 147 Å². The van der Waals surface area contributed by atoms with Gasteiger partial charge in [0, 0.05) is 37.4 Å². The van der Waals surface area contributed by atoms with Crippen molar-refractivity contribution >= 4 is 41.0 Å². The number of aromatic nitrogens is 1.